The molecule has 0 aromatic heterocycles. The van der Waals surface area contributed by atoms with Crippen molar-refractivity contribution in [1.29, 1.82) is 0 Å². The lowest BCUT2D eigenvalue weighted by molar-refractivity contribution is -0.276. The normalized spacial score (nSPS) is 11.9. The zero-order chi connectivity index (χ0) is 15.6. The lowest BCUT2D eigenvalue weighted by atomic mass is 10.3. The van der Waals surface area contributed by atoms with E-state index in [1.54, 1.807) is 5.32 Å². The Kier molecular flexibility index (Phi) is 4.20. The minimum absolute atomic E-state index is 0.314. The fourth-order valence-corrected chi connectivity index (χ4v) is 1.15. The molecule has 2 N–H and O–H groups in total. The third kappa shape index (κ3) is 6.02. The average molecular weight is 305 g/mol. The van der Waals surface area contributed by atoms with Crippen LogP contribution in [0.2, 0.25) is 0 Å². The molecule has 0 aliphatic heterocycles. The Hall–Kier alpha value is -2.33. The number of ether oxygens (including phenoxy) is 2. The molecule has 0 unspecified atom stereocenters. The van der Waals surface area contributed by atoms with Gasteiger partial charge in [-0.25, -0.2) is 4.79 Å². The van der Waals surface area contributed by atoms with Gasteiger partial charge in [-0.3, -0.25) is 5.32 Å². The second-order valence-corrected chi connectivity index (χ2v) is 3.22. The Morgan fingerprint density at radius 1 is 0.950 bits per heavy atom. The van der Waals surface area contributed by atoms with Gasteiger partial charge in [0.05, 0.1) is 5.69 Å². The van der Waals surface area contributed by atoms with E-state index in [0.29, 0.717) is 18.2 Å². The number of hydrogen-bond acceptors (Lipinski definition) is 3. The van der Waals surface area contributed by atoms with Crippen LogP contribution in [0.15, 0.2) is 18.2 Å². The number of alkyl halides is 6. The van der Waals surface area contributed by atoms with Crippen LogP contribution in [0.5, 0.6) is 11.5 Å². The van der Waals surface area contributed by atoms with Crippen LogP contribution in [0.4, 0.5) is 36.8 Å². The Labute approximate surface area is 106 Å². The van der Waals surface area contributed by atoms with Gasteiger partial charge in [0.2, 0.25) is 0 Å². The van der Waals surface area contributed by atoms with E-state index in [1.807, 2.05) is 0 Å². The largest absolute Gasteiger partial charge is 0.573 e. The van der Waals surface area contributed by atoms with Crippen molar-refractivity contribution in [2.24, 2.45) is 0 Å². The van der Waals surface area contributed by atoms with Crippen molar-refractivity contribution < 1.29 is 45.7 Å². The smallest absolute Gasteiger partial charge is 0.465 e. The van der Waals surface area contributed by atoms with Crippen molar-refractivity contribution in [2.75, 3.05) is 5.32 Å². The minimum atomic E-state index is -5.16. The number of anilines is 1. The fraction of sp³-hybridized carbons (Fsp3) is 0.222. The van der Waals surface area contributed by atoms with Crippen LogP contribution < -0.4 is 14.8 Å². The summed E-state index contributed by atoms with van der Waals surface area (Å²) < 4.78 is 78.7. The summed E-state index contributed by atoms with van der Waals surface area (Å²) in [6.07, 6.45) is -12.0. The second-order valence-electron chi connectivity index (χ2n) is 3.22. The maximum absolute atomic E-state index is 12.0. The van der Waals surface area contributed by atoms with Gasteiger partial charge in [0.1, 0.15) is 11.5 Å². The molecule has 1 amide bonds. The molecular weight excluding hydrogens is 300 g/mol. The predicted molar refractivity (Wildman–Crippen MR) is 51.5 cm³/mol. The molecule has 0 heterocycles. The quantitative estimate of drug-likeness (QED) is 0.838. The number of carboxylic acid groups (broad SMARTS) is 1. The van der Waals surface area contributed by atoms with Crippen LogP contribution in [-0.2, 0) is 0 Å². The summed E-state index contributed by atoms with van der Waals surface area (Å²) in [5.41, 5.74) is -0.585. The van der Waals surface area contributed by atoms with Crippen molar-refractivity contribution in [3.8, 4) is 11.5 Å². The van der Waals surface area contributed by atoms with Crippen molar-refractivity contribution in [3.05, 3.63) is 18.2 Å². The average Bonchev–Trinajstić information content (AvgIpc) is 2.08. The van der Waals surface area contributed by atoms with Gasteiger partial charge in [-0.1, -0.05) is 0 Å². The highest BCUT2D eigenvalue weighted by molar-refractivity contribution is 5.83. The van der Waals surface area contributed by atoms with Gasteiger partial charge in [-0.05, 0) is 0 Å². The van der Waals surface area contributed by atoms with Gasteiger partial charge >= 0.3 is 18.8 Å². The summed E-state index contributed by atoms with van der Waals surface area (Å²) in [4.78, 5) is 10.3. The van der Waals surface area contributed by atoms with Crippen molar-refractivity contribution in [3.63, 3.8) is 0 Å². The fourth-order valence-electron chi connectivity index (χ4n) is 1.15. The first kappa shape index (κ1) is 15.7. The molecule has 1 aromatic carbocycles. The van der Waals surface area contributed by atoms with Gasteiger partial charge in [0.25, 0.3) is 0 Å². The van der Waals surface area contributed by atoms with E-state index in [9.17, 15) is 31.1 Å². The van der Waals surface area contributed by atoms with E-state index in [4.69, 9.17) is 5.11 Å². The van der Waals surface area contributed by atoms with Crippen LogP contribution in [0, 0.1) is 0 Å². The van der Waals surface area contributed by atoms with Gasteiger partial charge in [0, 0.05) is 18.2 Å². The maximum atomic E-state index is 12.0. The number of carbonyl (C=O) groups is 1. The molecule has 0 radical (unpaired) electrons. The Balaban J connectivity index is 3.10. The molecule has 0 saturated carbocycles. The molecule has 1 aromatic rings. The molecule has 112 valence electrons. The predicted octanol–water partition coefficient (Wildman–Crippen LogP) is 3.57. The summed E-state index contributed by atoms with van der Waals surface area (Å²) >= 11 is 0. The summed E-state index contributed by atoms with van der Waals surface area (Å²) in [5, 5.41) is 9.96. The first-order valence-corrected chi connectivity index (χ1v) is 4.61. The maximum Gasteiger partial charge on any atom is 0.573 e. The first-order valence-electron chi connectivity index (χ1n) is 4.61. The number of nitrogens with one attached hydrogen (secondary N) is 1. The topological polar surface area (TPSA) is 67.8 Å². The Morgan fingerprint density at radius 3 is 1.65 bits per heavy atom. The molecule has 5 nitrogen and oxygen atoms in total. The first-order chi connectivity index (χ1) is 8.94. The van der Waals surface area contributed by atoms with Gasteiger partial charge in [0.15, 0.2) is 0 Å². The van der Waals surface area contributed by atoms with E-state index in [0.717, 1.165) is 0 Å². The van der Waals surface area contributed by atoms with E-state index in [-0.39, 0.29) is 0 Å². The van der Waals surface area contributed by atoms with Gasteiger partial charge in [-0.2, -0.15) is 0 Å². The Bertz CT molecular complexity index is 464. The van der Waals surface area contributed by atoms with E-state index >= 15 is 0 Å². The summed E-state index contributed by atoms with van der Waals surface area (Å²) in [6.45, 7) is 0. The van der Waals surface area contributed by atoms with Crippen LogP contribution in [0.25, 0.3) is 0 Å². The van der Waals surface area contributed by atoms with E-state index in [2.05, 4.69) is 9.47 Å². The number of amides is 1. The van der Waals surface area contributed by atoms with Crippen molar-refractivity contribution in [2.45, 2.75) is 12.7 Å². The van der Waals surface area contributed by atoms with Crippen LogP contribution in [-0.4, -0.2) is 23.9 Å². The third-order valence-corrected chi connectivity index (χ3v) is 1.60. The molecule has 0 saturated heterocycles. The van der Waals surface area contributed by atoms with E-state index in [1.165, 1.54) is 0 Å². The van der Waals surface area contributed by atoms with Gasteiger partial charge in [-0.15, -0.1) is 26.3 Å². The summed E-state index contributed by atoms with van der Waals surface area (Å²) in [6, 6.07) is 1.41. The third-order valence-electron chi connectivity index (χ3n) is 1.60. The lowest BCUT2D eigenvalue weighted by Gasteiger charge is -2.14. The molecule has 0 spiro atoms. The molecular formula is C9H5F6NO4. The number of halogens is 6. The summed E-state index contributed by atoms with van der Waals surface area (Å²) in [5.74, 6) is -2.13. The van der Waals surface area contributed by atoms with Gasteiger partial charge < -0.3 is 14.6 Å². The zero-order valence-corrected chi connectivity index (χ0v) is 9.17. The van der Waals surface area contributed by atoms with Crippen molar-refractivity contribution >= 4 is 11.8 Å². The zero-order valence-electron chi connectivity index (χ0n) is 9.17. The molecule has 0 atom stereocenters. The monoisotopic (exact) mass is 305 g/mol. The summed E-state index contributed by atoms with van der Waals surface area (Å²) in [7, 11) is 0. The molecule has 20 heavy (non-hydrogen) atoms. The van der Waals surface area contributed by atoms with E-state index < -0.39 is 36.0 Å². The van der Waals surface area contributed by atoms with Crippen molar-refractivity contribution in [1.82, 2.24) is 0 Å². The minimum Gasteiger partial charge on any atom is -0.465 e. The molecule has 0 aliphatic carbocycles. The second kappa shape index (κ2) is 5.35. The number of benzene rings is 1. The molecule has 1 rings (SSSR count). The van der Waals surface area contributed by atoms with Crippen LogP contribution >= 0.6 is 0 Å². The lowest BCUT2D eigenvalue weighted by Crippen LogP contribution is -2.19. The highest BCUT2D eigenvalue weighted by atomic mass is 19.4. The highest BCUT2D eigenvalue weighted by Gasteiger charge is 2.34. The van der Waals surface area contributed by atoms with Crippen LogP contribution in [0.3, 0.4) is 0 Å². The molecule has 0 bridgehead atoms. The molecule has 0 aliphatic rings. The van der Waals surface area contributed by atoms with Crippen LogP contribution in [0.1, 0.15) is 0 Å². The standard InChI is InChI=1S/C9H5F6NO4/c10-8(11,12)19-5-1-4(16-7(17)18)2-6(3-5)20-9(13,14)15/h1-3,16H,(H,17,18). The Morgan fingerprint density at radius 2 is 1.35 bits per heavy atom. The molecule has 0 fully saturated rings. The number of rotatable bonds is 3. The highest BCUT2D eigenvalue weighted by Crippen LogP contribution is 2.33. The number of hydrogen-bond donors (Lipinski definition) is 2. The SMILES string of the molecule is O=C(O)Nc1cc(OC(F)(F)F)cc(OC(F)(F)F)c1. The molecule has 11 heteroatoms.